The third-order valence-electron chi connectivity index (χ3n) is 3.78. The van der Waals surface area contributed by atoms with Crippen molar-refractivity contribution in [2.24, 2.45) is 16.5 Å². The van der Waals surface area contributed by atoms with Crippen LogP contribution in [-0.4, -0.2) is 36.5 Å². The van der Waals surface area contributed by atoms with Gasteiger partial charge in [0.2, 0.25) is 0 Å². The van der Waals surface area contributed by atoms with Crippen molar-refractivity contribution in [3.8, 4) is 0 Å². The fourth-order valence-corrected chi connectivity index (χ4v) is 3.19. The number of hydrogen-bond acceptors (Lipinski definition) is 6. The maximum Gasteiger partial charge on any atom is 0.119 e. The van der Waals surface area contributed by atoms with Crippen LogP contribution in [0, 0.1) is 0 Å². The largest absolute Gasteiger partial charge is 0.386 e. The predicted molar refractivity (Wildman–Crippen MR) is 89.6 cm³/mol. The molecule has 2 aliphatic heterocycles. The minimum atomic E-state index is 0.228. The second kappa shape index (κ2) is 6.03. The Morgan fingerprint density at radius 2 is 2.19 bits per heavy atom. The van der Waals surface area contributed by atoms with Crippen LogP contribution in [0.3, 0.4) is 0 Å². The molecule has 1 unspecified atom stereocenters. The Bertz CT molecular complexity index is 585. The van der Waals surface area contributed by atoms with Gasteiger partial charge in [0.1, 0.15) is 10.4 Å². The molecule has 0 radical (unpaired) electrons. The van der Waals surface area contributed by atoms with Crippen LogP contribution in [0.15, 0.2) is 34.3 Å². The quantitative estimate of drug-likeness (QED) is 0.787. The van der Waals surface area contributed by atoms with Gasteiger partial charge < -0.3 is 21.3 Å². The number of rotatable bonds is 2. The first-order valence-corrected chi connectivity index (χ1v) is 7.84. The molecule has 0 amide bonds. The van der Waals surface area contributed by atoms with Crippen molar-refractivity contribution >= 4 is 33.1 Å². The van der Waals surface area contributed by atoms with Crippen molar-refractivity contribution in [3.05, 3.63) is 29.3 Å². The average molecular weight is 351 g/mol. The van der Waals surface area contributed by atoms with Crippen molar-refractivity contribution in [3.63, 3.8) is 0 Å². The first-order chi connectivity index (χ1) is 10.1. The summed E-state index contributed by atoms with van der Waals surface area (Å²) in [6.45, 7) is 2.44. The Morgan fingerprint density at radius 3 is 3.00 bits per heavy atom. The molecule has 4 N–H and O–H groups in total. The van der Waals surface area contributed by atoms with Crippen molar-refractivity contribution in [1.29, 1.82) is 0 Å². The van der Waals surface area contributed by atoms with Crippen LogP contribution >= 0.6 is 15.9 Å². The first kappa shape index (κ1) is 14.3. The summed E-state index contributed by atoms with van der Waals surface area (Å²) in [5.74, 6) is 0.586. The lowest BCUT2D eigenvalue weighted by Crippen LogP contribution is -2.44. The van der Waals surface area contributed by atoms with E-state index in [2.05, 4.69) is 35.7 Å². The Morgan fingerprint density at radius 1 is 1.33 bits per heavy atom. The Hall–Kier alpha value is -1.60. The van der Waals surface area contributed by atoms with Crippen molar-refractivity contribution in [1.82, 2.24) is 4.98 Å². The second-order valence-corrected chi connectivity index (χ2v) is 6.18. The lowest BCUT2D eigenvalue weighted by Gasteiger charge is -2.36. The minimum Gasteiger partial charge on any atom is -0.386 e. The number of nitrogens with zero attached hydrogens (tertiary/aromatic N) is 4. The summed E-state index contributed by atoms with van der Waals surface area (Å²) in [5.41, 5.74) is 14.1. The van der Waals surface area contributed by atoms with E-state index in [1.54, 1.807) is 6.20 Å². The molecule has 0 saturated carbocycles. The molecule has 0 aliphatic carbocycles. The Balaban J connectivity index is 1.93. The van der Waals surface area contributed by atoms with Crippen LogP contribution < -0.4 is 21.3 Å². The molecule has 2 aliphatic rings. The van der Waals surface area contributed by atoms with E-state index >= 15 is 0 Å². The maximum absolute atomic E-state index is 6.11. The van der Waals surface area contributed by atoms with Crippen molar-refractivity contribution in [2.75, 3.05) is 29.4 Å². The molecule has 0 bridgehead atoms. The Kier molecular flexibility index (Phi) is 4.12. The summed E-state index contributed by atoms with van der Waals surface area (Å²) in [7, 11) is 0. The van der Waals surface area contributed by atoms with Gasteiger partial charge >= 0.3 is 0 Å². The van der Waals surface area contributed by atoms with E-state index < -0.39 is 0 Å². The second-order valence-electron chi connectivity index (χ2n) is 5.37. The van der Waals surface area contributed by atoms with E-state index in [0.717, 1.165) is 41.9 Å². The average Bonchev–Trinajstić information content (AvgIpc) is 2.50. The van der Waals surface area contributed by atoms with Crippen molar-refractivity contribution < 1.29 is 0 Å². The van der Waals surface area contributed by atoms with Gasteiger partial charge in [-0.3, -0.25) is 4.98 Å². The van der Waals surface area contributed by atoms with Gasteiger partial charge in [0.15, 0.2) is 0 Å². The number of nitrogens with two attached hydrogens (primary N) is 2. The topological polar surface area (TPSA) is 83.8 Å². The summed E-state index contributed by atoms with van der Waals surface area (Å²) in [4.78, 5) is 12.8. The zero-order valence-electron chi connectivity index (χ0n) is 11.7. The molecule has 3 heterocycles. The minimum absolute atomic E-state index is 0.228. The summed E-state index contributed by atoms with van der Waals surface area (Å²) < 4.78 is 0.882. The lowest BCUT2D eigenvalue weighted by atomic mass is 10.1. The van der Waals surface area contributed by atoms with E-state index in [-0.39, 0.29) is 6.04 Å². The third kappa shape index (κ3) is 3.03. The molecule has 0 aromatic carbocycles. The van der Waals surface area contributed by atoms with Gasteiger partial charge in [-0.1, -0.05) is 0 Å². The highest BCUT2D eigenvalue weighted by Crippen LogP contribution is 2.34. The molecular weight excluding hydrogens is 332 g/mol. The van der Waals surface area contributed by atoms with E-state index in [1.165, 1.54) is 0 Å². The zero-order valence-corrected chi connectivity index (χ0v) is 13.3. The highest BCUT2D eigenvalue weighted by Gasteiger charge is 2.24. The van der Waals surface area contributed by atoms with E-state index in [4.69, 9.17) is 11.5 Å². The van der Waals surface area contributed by atoms with Crippen LogP contribution in [0.5, 0.6) is 0 Å². The van der Waals surface area contributed by atoms with Gasteiger partial charge in [-0.25, -0.2) is 4.99 Å². The molecule has 112 valence electrons. The van der Waals surface area contributed by atoms with Crippen LogP contribution in [0.2, 0.25) is 0 Å². The highest BCUT2D eigenvalue weighted by atomic mass is 79.9. The van der Waals surface area contributed by atoms with Gasteiger partial charge in [-0.05, 0) is 34.8 Å². The van der Waals surface area contributed by atoms with Gasteiger partial charge in [-0.2, -0.15) is 0 Å². The number of aliphatic imine (C=N–C) groups is 1. The molecule has 1 saturated heterocycles. The van der Waals surface area contributed by atoms with E-state index in [0.29, 0.717) is 12.4 Å². The highest BCUT2D eigenvalue weighted by molar-refractivity contribution is 9.11. The standard InChI is InChI=1S/C14H19BrN6/c15-13-7-19-14(17)9-21(13)12-6-18-4-3-11(12)20-5-1-2-10(16)8-20/h3-4,6-7,10H,1-2,5,8-9,16H2,(H2,17,19). The summed E-state index contributed by atoms with van der Waals surface area (Å²) in [6, 6.07) is 2.27. The molecule has 21 heavy (non-hydrogen) atoms. The molecule has 1 fully saturated rings. The molecule has 6 nitrogen and oxygen atoms in total. The lowest BCUT2D eigenvalue weighted by molar-refractivity contribution is 0.506. The van der Waals surface area contributed by atoms with Gasteiger partial charge in [0, 0.05) is 25.3 Å². The van der Waals surface area contributed by atoms with Gasteiger partial charge in [0.05, 0.1) is 30.3 Å². The molecule has 1 atom stereocenters. The fourth-order valence-electron chi connectivity index (χ4n) is 2.77. The summed E-state index contributed by atoms with van der Waals surface area (Å²) >= 11 is 3.54. The third-order valence-corrected chi connectivity index (χ3v) is 4.41. The number of amidine groups is 1. The molecule has 3 rings (SSSR count). The fraction of sp³-hybridized carbons (Fsp3) is 0.429. The number of halogens is 1. The number of pyridine rings is 1. The summed E-state index contributed by atoms with van der Waals surface area (Å²) in [6.07, 6.45) is 7.60. The number of anilines is 2. The normalized spacial score (nSPS) is 22.9. The van der Waals surface area contributed by atoms with Crippen LogP contribution in [0.4, 0.5) is 11.4 Å². The smallest absolute Gasteiger partial charge is 0.119 e. The van der Waals surface area contributed by atoms with Crippen LogP contribution in [-0.2, 0) is 0 Å². The van der Waals surface area contributed by atoms with Gasteiger partial charge in [0.25, 0.3) is 0 Å². The first-order valence-electron chi connectivity index (χ1n) is 7.05. The SMILES string of the molecule is NC1=NC=C(Br)N(c2cnccc2N2CCCC(N)C2)C1. The monoisotopic (exact) mass is 350 g/mol. The number of hydrogen-bond donors (Lipinski definition) is 2. The molecule has 7 heteroatoms. The molecule has 1 aromatic heterocycles. The maximum atomic E-state index is 6.11. The van der Waals surface area contributed by atoms with E-state index in [9.17, 15) is 0 Å². The summed E-state index contributed by atoms with van der Waals surface area (Å²) in [5, 5.41) is 0. The van der Waals surface area contributed by atoms with E-state index in [1.807, 2.05) is 18.5 Å². The molecular formula is C14H19BrN6. The predicted octanol–water partition coefficient (Wildman–Crippen LogP) is 1.38. The molecule has 0 spiro atoms. The zero-order chi connectivity index (χ0) is 14.8. The van der Waals surface area contributed by atoms with Crippen LogP contribution in [0.1, 0.15) is 12.8 Å². The number of aromatic nitrogens is 1. The molecule has 1 aromatic rings. The van der Waals surface area contributed by atoms with Crippen molar-refractivity contribution in [2.45, 2.75) is 18.9 Å². The number of piperidine rings is 1. The Labute approximate surface area is 132 Å². The van der Waals surface area contributed by atoms with Crippen LogP contribution in [0.25, 0.3) is 0 Å². The van der Waals surface area contributed by atoms with Gasteiger partial charge in [-0.15, -0.1) is 0 Å².